The highest BCUT2D eigenvalue weighted by Gasteiger charge is 2.14. The standard InChI is InChI=1S/C14H15N5O2S/c1-15-11-7-4-3-6-10(11)13-12-8-5-9-19(12)17-14(16-13)18-22(2,20)21/h3-9,15H,1-2H3,(H,17,18). The van der Waals surface area contributed by atoms with Gasteiger partial charge in [0.1, 0.15) is 5.69 Å². The highest BCUT2D eigenvalue weighted by molar-refractivity contribution is 7.91. The predicted molar refractivity (Wildman–Crippen MR) is 86.4 cm³/mol. The molecule has 0 aliphatic heterocycles. The molecule has 114 valence electrons. The molecule has 3 aromatic rings. The Labute approximate surface area is 128 Å². The summed E-state index contributed by atoms with van der Waals surface area (Å²) in [7, 11) is -1.62. The summed E-state index contributed by atoms with van der Waals surface area (Å²) in [5, 5.41) is 7.27. The van der Waals surface area contributed by atoms with Crippen LogP contribution < -0.4 is 10.0 Å². The van der Waals surface area contributed by atoms with E-state index in [0.29, 0.717) is 5.69 Å². The molecule has 0 saturated heterocycles. The van der Waals surface area contributed by atoms with E-state index in [1.165, 1.54) is 0 Å². The van der Waals surface area contributed by atoms with Gasteiger partial charge in [-0.05, 0) is 18.2 Å². The number of benzene rings is 1. The molecule has 22 heavy (non-hydrogen) atoms. The lowest BCUT2D eigenvalue weighted by molar-refractivity contribution is 0.606. The average molecular weight is 317 g/mol. The minimum Gasteiger partial charge on any atom is -0.388 e. The van der Waals surface area contributed by atoms with Gasteiger partial charge < -0.3 is 5.32 Å². The maximum absolute atomic E-state index is 11.4. The minimum absolute atomic E-state index is 0.0344. The quantitative estimate of drug-likeness (QED) is 0.766. The summed E-state index contributed by atoms with van der Waals surface area (Å²) < 4.78 is 26.8. The first kappa shape index (κ1) is 14.3. The second kappa shape index (κ2) is 5.30. The number of anilines is 2. The molecule has 1 aromatic carbocycles. The minimum atomic E-state index is -3.45. The number of nitrogens with zero attached hydrogens (tertiary/aromatic N) is 3. The van der Waals surface area contributed by atoms with E-state index in [1.54, 1.807) is 10.7 Å². The largest absolute Gasteiger partial charge is 0.388 e. The molecule has 0 spiro atoms. The molecule has 0 aliphatic carbocycles. The zero-order valence-electron chi connectivity index (χ0n) is 12.1. The molecule has 0 bridgehead atoms. The van der Waals surface area contributed by atoms with Gasteiger partial charge in [0, 0.05) is 24.5 Å². The van der Waals surface area contributed by atoms with Crippen molar-refractivity contribution < 1.29 is 8.42 Å². The van der Waals surface area contributed by atoms with Crippen LogP contribution in [-0.2, 0) is 10.0 Å². The Hall–Kier alpha value is -2.61. The van der Waals surface area contributed by atoms with E-state index in [9.17, 15) is 8.42 Å². The number of para-hydroxylation sites is 1. The lowest BCUT2D eigenvalue weighted by Crippen LogP contribution is -2.14. The van der Waals surface area contributed by atoms with Crippen LogP contribution in [0.3, 0.4) is 0 Å². The summed E-state index contributed by atoms with van der Waals surface area (Å²) in [6.45, 7) is 0. The van der Waals surface area contributed by atoms with Crippen molar-refractivity contribution in [3.8, 4) is 11.3 Å². The molecule has 3 rings (SSSR count). The first-order valence-corrected chi connectivity index (χ1v) is 8.47. The Kier molecular flexibility index (Phi) is 3.45. The van der Waals surface area contributed by atoms with Crippen LogP contribution in [0.5, 0.6) is 0 Å². The lowest BCUT2D eigenvalue weighted by Gasteiger charge is -2.11. The van der Waals surface area contributed by atoms with Gasteiger partial charge in [-0.15, -0.1) is 5.10 Å². The van der Waals surface area contributed by atoms with Crippen molar-refractivity contribution in [2.45, 2.75) is 0 Å². The SMILES string of the molecule is CNc1ccccc1-c1nc(NS(C)(=O)=O)nn2cccc12. The summed E-state index contributed by atoms with van der Waals surface area (Å²) in [5.74, 6) is 0.0344. The van der Waals surface area contributed by atoms with E-state index < -0.39 is 10.0 Å². The number of hydrogen-bond donors (Lipinski definition) is 2. The summed E-state index contributed by atoms with van der Waals surface area (Å²) in [6, 6.07) is 11.4. The van der Waals surface area contributed by atoms with Crippen LogP contribution in [0.2, 0.25) is 0 Å². The van der Waals surface area contributed by atoms with E-state index in [0.717, 1.165) is 23.0 Å². The third-order valence-electron chi connectivity index (χ3n) is 3.12. The third-order valence-corrected chi connectivity index (χ3v) is 3.67. The number of sulfonamides is 1. The first-order valence-electron chi connectivity index (χ1n) is 6.58. The van der Waals surface area contributed by atoms with Gasteiger partial charge in [-0.2, -0.15) is 0 Å². The van der Waals surface area contributed by atoms with Crippen molar-refractivity contribution in [2.75, 3.05) is 23.3 Å². The molecule has 7 nitrogen and oxygen atoms in total. The van der Waals surface area contributed by atoms with Crippen molar-refractivity contribution in [1.82, 2.24) is 14.6 Å². The van der Waals surface area contributed by atoms with Crippen LogP contribution >= 0.6 is 0 Å². The fourth-order valence-corrected chi connectivity index (χ4v) is 2.67. The Morgan fingerprint density at radius 2 is 1.91 bits per heavy atom. The van der Waals surface area contributed by atoms with Crippen molar-refractivity contribution >= 4 is 27.2 Å². The molecule has 0 unspecified atom stereocenters. The molecule has 2 aromatic heterocycles. The van der Waals surface area contributed by atoms with E-state index in [4.69, 9.17) is 0 Å². The smallest absolute Gasteiger partial charge is 0.255 e. The van der Waals surface area contributed by atoms with Crippen molar-refractivity contribution in [1.29, 1.82) is 0 Å². The van der Waals surface area contributed by atoms with Crippen LogP contribution in [0, 0.1) is 0 Å². The molecular weight excluding hydrogens is 302 g/mol. The lowest BCUT2D eigenvalue weighted by atomic mass is 10.1. The van der Waals surface area contributed by atoms with Crippen LogP contribution in [0.25, 0.3) is 16.8 Å². The van der Waals surface area contributed by atoms with Crippen molar-refractivity contribution in [2.24, 2.45) is 0 Å². The Bertz CT molecular complexity index is 933. The molecule has 0 fully saturated rings. The topological polar surface area (TPSA) is 88.4 Å². The molecule has 8 heteroatoms. The maximum Gasteiger partial charge on any atom is 0.255 e. The van der Waals surface area contributed by atoms with Crippen LogP contribution in [0.15, 0.2) is 42.6 Å². The van der Waals surface area contributed by atoms with Gasteiger partial charge in [-0.25, -0.2) is 17.9 Å². The van der Waals surface area contributed by atoms with Gasteiger partial charge in [0.15, 0.2) is 0 Å². The van der Waals surface area contributed by atoms with Crippen molar-refractivity contribution in [3.63, 3.8) is 0 Å². The van der Waals surface area contributed by atoms with Gasteiger partial charge in [0.2, 0.25) is 10.0 Å². The van der Waals surface area contributed by atoms with Crippen LogP contribution in [0.4, 0.5) is 11.6 Å². The van der Waals surface area contributed by atoms with Crippen molar-refractivity contribution in [3.05, 3.63) is 42.6 Å². The summed E-state index contributed by atoms with van der Waals surface area (Å²) in [6.07, 6.45) is 2.81. The van der Waals surface area contributed by atoms with E-state index in [1.807, 2.05) is 43.4 Å². The molecule has 0 amide bonds. The monoisotopic (exact) mass is 317 g/mol. The van der Waals surface area contributed by atoms with Gasteiger partial charge in [0.25, 0.3) is 5.95 Å². The molecule has 0 aliphatic rings. The van der Waals surface area contributed by atoms with Gasteiger partial charge in [-0.1, -0.05) is 18.2 Å². The first-order chi connectivity index (χ1) is 10.5. The fourth-order valence-electron chi connectivity index (χ4n) is 2.25. The average Bonchev–Trinajstić information content (AvgIpc) is 2.93. The van der Waals surface area contributed by atoms with E-state index in [2.05, 4.69) is 20.1 Å². The summed E-state index contributed by atoms with van der Waals surface area (Å²) in [4.78, 5) is 4.38. The molecular formula is C14H15N5O2S. The summed E-state index contributed by atoms with van der Waals surface area (Å²) >= 11 is 0. The van der Waals surface area contributed by atoms with E-state index >= 15 is 0 Å². The Morgan fingerprint density at radius 1 is 1.14 bits per heavy atom. The van der Waals surface area contributed by atoms with E-state index in [-0.39, 0.29) is 5.95 Å². The second-order valence-corrected chi connectivity index (χ2v) is 6.54. The number of nitrogens with one attached hydrogen (secondary N) is 2. The number of rotatable bonds is 4. The van der Waals surface area contributed by atoms with Gasteiger partial charge in [0.05, 0.1) is 11.8 Å². The normalized spacial score (nSPS) is 11.5. The predicted octanol–water partition coefficient (Wildman–Crippen LogP) is 1.81. The highest BCUT2D eigenvalue weighted by Crippen LogP contribution is 2.30. The zero-order chi connectivity index (χ0) is 15.7. The number of hydrogen-bond acceptors (Lipinski definition) is 5. The second-order valence-electron chi connectivity index (χ2n) is 4.79. The molecule has 2 N–H and O–H groups in total. The van der Waals surface area contributed by atoms with Crippen LogP contribution in [0.1, 0.15) is 0 Å². The molecule has 0 saturated carbocycles. The Balaban J connectivity index is 2.25. The zero-order valence-corrected chi connectivity index (χ0v) is 12.9. The number of fused-ring (bicyclic) bond motifs is 1. The Morgan fingerprint density at radius 3 is 2.64 bits per heavy atom. The van der Waals surface area contributed by atoms with Gasteiger partial charge in [-0.3, -0.25) is 4.72 Å². The third kappa shape index (κ3) is 2.73. The fraction of sp³-hybridized carbons (Fsp3) is 0.143. The summed E-state index contributed by atoms with van der Waals surface area (Å²) in [5.41, 5.74) is 3.21. The maximum atomic E-state index is 11.4. The van der Waals surface area contributed by atoms with Gasteiger partial charge >= 0.3 is 0 Å². The molecule has 0 atom stereocenters. The van der Waals surface area contributed by atoms with Crippen LogP contribution in [-0.4, -0.2) is 36.3 Å². The molecule has 0 radical (unpaired) electrons. The highest BCUT2D eigenvalue weighted by atomic mass is 32.2. The number of aromatic nitrogens is 3. The molecule has 2 heterocycles.